The van der Waals surface area contributed by atoms with Crippen LogP contribution < -0.4 is 14.2 Å². The van der Waals surface area contributed by atoms with Crippen molar-refractivity contribution < 1.29 is 19.0 Å². The summed E-state index contributed by atoms with van der Waals surface area (Å²) in [6.45, 7) is 2.11. The van der Waals surface area contributed by atoms with E-state index in [9.17, 15) is 4.79 Å². The minimum atomic E-state index is 0.0235. The standard InChI is InChI=1S/C21H25NO4/c1-24-19-11-10-17(13-20(19)25-2)21(23)22-12-6-7-16(14-22)15-26-18-8-4-3-5-9-18/h3-5,8-11,13,16H,6-7,12,14-15H2,1-2H3. The first kappa shape index (κ1) is 18.1. The van der Waals surface area contributed by atoms with Gasteiger partial charge in [0, 0.05) is 24.6 Å². The van der Waals surface area contributed by atoms with Gasteiger partial charge in [-0.2, -0.15) is 0 Å². The third-order valence-corrected chi connectivity index (χ3v) is 4.67. The number of hydrogen-bond acceptors (Lipinski definition) is 4. The van der Waals surface area contributed by atoms with Crippen LogP contribution in [-0.4, -0.2) is 44.7 Å². The zero-order chi connectivity index (χ0) is 18.4. The highest BCUT2D eigenvalue weighted by atomic mass is 16.5. The molecule has 1 amide bonds. The average Bonchev–Trinajstić information content (AvgIpc) is 2.72. The fourth-order valence-electron chi connectivity index (χ4n) is 3.27. The Bertz CT molecular complexity index is 732. The van der Waals surface area contributed by atoms with Crippen LogP contribution in [0.15, 0.2) is 48.5 Å². The smallest absolute Gasteiger partial charge is 0.254 e. The van der Waals surface area contributed by atoms with E-state index >= 15 is 0 Å². The maximum Gasteiger partial charge on any atom is 0.254 e. The van der Waals surface area contributed by atoms with E-state index in [4.69, 9.17) is 14.2 Å². The predicted octanol–water partition coefficient (Wildman–Crippen LogP) is 3.64. The second-order valence-corrected chi connectivity index (χ2v) is 6.45. The van der Waals surface area contributed by atoms with Gasteiger partial charge >= 0.3 is 0 Å². The number of carbonyl (C=O) groups is 1. The van der Waals surface area contributed by atoms with Gasteiger partial charge in [0.2, 0.25) is 0 Å². The normalized spacial score (nSPS) is 16.8. The fourth-order valence-corrected chi connectivity index (χ4v) is 3.27. The Morgan fingerprint density at radius 1 is 1.08 bits per heavy atom. The number of hydrogen-bond donors (Lipinski definition) is 0. The molecule has 5 heteroatoms. The Morgan fingerprint density at radius 3 is 2.58 bits per heavy atom. The van der Waals surface area contributed by atoms with Gasteiger partial charge < -0.3 is 19.1 Å². The van der Waals surface area contributed by atoms with Gasteiger partial charge in [0.1, 0.15) is 5.75 Å². The maximum absolute atomic E-state index is 12.9. The maximum atomic E-state index is 12.9. The number of likely N-dealkylation sites (tertiary alicyclic amines) is 1. The van der Waals surface area contributed by atoms with Crippen molar-refractivity contribution in [1.82, 2.24) is 4.90 Å². The summed E-state index contributed by atoms with van der Waals surface area (Å²) in [5, 5.41) is 0. The predicted molar refractivity (Wildman–Crippen MR) is 100 cm³/mol. The first-order chi connectivity index (χ1) is 12.7. The van der Waals surface area contributed by atoms with Gasteiger partial charge in [0.15, 0.2) is 11.5 Å². The van der Waals surface area contributed by atoms with Crippen LogP contribution in [0, 0.1) is 5.92 Å². The molecular weight excluding hydrogens is 330 g/mol. The SMILES string of the molecule is COc1ccc(C(=O)N2CCCC(COc3ccccc3)C2)cc1OC. The van der Waals surface area contributed by atoms with Crippen molar-refractivity contribution in [3.8, 4) is 17.2 Å². The molecule has 1 atom stereocenters. The van der Waals surface area contributed by atoms with E-state index in [1.54, 1.807) is 32.4 Å². The first-order valence-electron chi connectivity index (χ1n) is 8.90. The lowest BCUT2D eigenvalue weighted by Gasteiger charge is -2.32. The first-order valence-corrected chi connectivity index (χ1v) is 8.90. The minimum absolute atomic E-state index is 0.0235. The van der Waals surface area contributed by atoms with E-state index in [-0.39, 0.29) is 5.91 Å². The van der Waals surface area contributed by atoms with Gasteiger partial charge in [-0.05, 0) is 43.2 Å². The highest BCUT2D eigenvalue weighted by Gasteiger charge is 2.25. The second kappa shape index (κ2) is 8.61. The minimum Gasteiger partial charge on any atom is -0.493 e. The number of ether oxygens (including phenoxy) is 3. The van der Waals surface area contributed by atoms with Crippen molar-refractivity contribution in [1.29, 1.82) is 0 Å². The lowest BCUT2D eigenvalue weighted by Crippen LogP contribution is -2.41. The van der Waals surface area contributed by atoms with Crippen LogP contribution in [0.3, 0.4) is 0 Å². The zero-order valence-corrected chi connectivity index (χ0v) is 15.3. The Morgan fingerprint density at radius 2 is 1.85 bits per heavy atom. The molecule has 1 aliphatic rings. The molecule has 26 heavy (non-hydrogen) atoms. The number of carbonyl (C=O) groups excluding carboxylic acids is 1. The van der Waals surface area contributed by atoms with Gasteiger partial charge in [-0.1, -0.05) is 18.2 Å². The summed E-state index contributed by atoms with van der Waals surface area (Å²) in [5.74, 6) is 2.43. The van der Waals surface area contributed by atoms with Crippen LogP contribution in [0.2, 0.25) is 0 Å². The molecule has 0 spiro atoms. The van der Waals surface area contributed by atoms with E-state index in [0.29, 0.717) is 36.1 Å². The van der Waals surface area contributed by atoms with E-state index in [1.165, 1.54) is 0 Å². The molecule has 2 aromatic rings. The van der Waals surface area contributed by atoms with E-state index in [0.717, 1.165) is 25.1 Å². The second-order valence-electron chi connectivity index (χ2n) is 6.45. The van der Waals surface area contributed by atoms with Gasteiger partial charge in [0.05, 0.1) is 20.8 Å². The molecule has 0 N–H and O–H groups in total. The Balaban J connectivity index is 1.62. The highest BCUT2D eigenvalue weighted by molar-refractivity contribution is 5.95. The van der Waals surface area contributed by atoms with Gasteiger partial charge in [-0.25, -0.2) is 0 Å². The summed E-state index contributed by atoms with van der Waals surface area (Å²) in [6.07, 6.45) is 2.06. The summed E-state index contributed by atoms with van der Waals surface area (Å²) in [6, 6.07) is 15.1. The number of amides is 1. The zero-order valence-electron chi connectivity index (χ0n) is 15.3. The molecule has 0 radical (unpaired) electrons. The number of piperidine rings is 1. The number of methoxy groups -OCH3 is 2. The molecule has 0 saturated carbocycles. The van der Waals surface area contributed by atoms with E-state index in [2.05, 4.69) is 0 Å². The van der Waals surface area contributed by atoms with E-state index in [1.807, 2.05) is 35.2 Å². The van der Waals surface area contributed by atoms with Crippen molar-refractivity contribution >= 4 is 5.91 Å². The number of para-hydroxylation sites is 1. The van der Waals surface area contributed by atoms with Crippen LogP contribution in [-0.2, 0) is 0 Å². The molecule has 0 aromatic heterocycles. The molecule has 1 unspecified atom stereocenters. The summed E-state index contributed by atoms with van der Waals surface area (Å²) < 4.78 is 16.4. The molecule has 138 valence electrons. The largest absolute Gasteiger partial charge is 0.493 e. The summed E-state index contributed by atoms with van der Waals surface area (Å²) in [7, 11) is 3.16. The topological polar surface area (TPSA) is 48.0 Å². The van der Waals surface area contributed by atoms with Crippen molar-refractivity contribution in [2.75, 3.05) is 33.9 Å². The lowest BCUT2D eigenvalue weighted by atomic mass is 9.98. The molecule has 1 aliphatic heterocycles. The van der Waals surface area contributed by atoms with Crippen LogP contribution in [0.25, 0.3) is 0 Å². The van der Waals surface area contributed by atoms with Crippen molar-refractivity contribution in [2.24, 2.45) is 5.92 Å². The molecule has 2 aromatic carbocycles. The van der Waals surface area contributed by atoms with Crippen molar-refractivity contribution in [3.05, 3.63) is 54.1 Å². The summed E-state index contributed by atoms with van der Waals surface area (Å²) >= 11 is 0. The van der Waals surface area contributed by atoms with Gasteiger partial charge in [-0.15, -0.1) is 0 Å². The van der Waals surface area contributed by atoms with Gasteiger partial charge in [0.25, 0.3) is 5.91 Å². The third kappa shape index (κ3) is 4.28. The van der Waals surface area contributed by atoms with Gasteiger partial charge in [-0.3, -0.25) is 4.79 Å². The van der Waals surface area contributed by atoms with Crippen LogP contribution in [0.4, 0.5) is 0 Å². The molecule has 3 rings (SSSR count). The molecule has 5 nitrogen and oxygen atoms in total. The quantitative estimate of drug-likeness (QED) is 0.794. The molecule has 0 bridgehead atoms. The van der Waals surface area contributed by atoms with Crippen LogP contribution >= 0.6 is 0 Å². The lowest BCUT2D eigenvalue weighted by molar-refractivity contribution is 0.0633. The highest BCUT2D eigenvalue weighted by Crippen LogP contribution is 2.29. The van der Waals surface area contributed by atoms with Crippen molar-refractivity contribution in [3.63, 3.8) is 0 Å². The number of rotatable bonds is 6. The monoisotopic (exact) mass is 355 g/mol. The molecule has 1 heterocycles. The number of benzene rings is 2. The van der Waals surface area contributed by atoms with E-state index < -0.39 is 0 Å². The van der Waals surface area contributed by atoms with Crippen LogP contribution in [0.5, 0.6) is 17.2 Å². The third-order valence-electron chi connectivity index (χ3n) is 4.67. The molecule has 1 saturated heterocycles. The Kier molecular flexibility index (Phi) is 6.00. The Labute approximate surface area is 154 Å². The molecule has 0 aliphatic carbocycles. The number of nitrogens with zero attached hydrogens (tertiary/aromatic N) is 1. The van der Waals surface area contributed by atoms with Crippen molar-refractivity contribution in [2.45, 2.75) is 12.8 Å². The fraction of sp³-hybridized carbons (Fsp3) is 0.381. The Hall–Kier alpha value is -2.69. The van der Waals surface area contributed by atoms with Crippen LogP contribution in [0.1, 0.15) is 23.2 Å². The molecule has 1 fully saturated rings. The summed E-state index contributed by atoms with van der Waals surface area (Å²) in [5.41, 5.74) is 0.618. The molecular formula is C21H25NO4. The average molecular weight is 355 g/mol. The summed E-state index contributed by atoms with van der Waals surface area (Å²) in [4.78, 5) is 14.8.